The quantitative estimate of drug-likeness (QED) is 0.872. The first kappa shape index (κ1) is 11.9. The molecule has 0 spiro atoms. The molecule has 92 valence electrons. The molecular formula is C13H18N2O2. The van der Waals surface area contributed by atoms with Crippen LogP contribution in [0.15, 0.2) is 18.3 Å². The van der Waals surface area contributed by atoms with E-state index in [-0.39, 0.29) is 5.69 Å². The minimum Gasteiger partial charge on any atom is -0.476 e. The summed E-state index contributed by atoms with van der Waals surface area (Å²) in [5.74, 6) is -0.273. The van der Waals surface area contributed by atoms with Gasteiger partial charge in [-0.3, -0.25) is 0 Å². The van der Waals surface area contributed by atoms with Gasteiger partial charge in [-0.05, 0) is 30.9 Å². The highest BCUT2D eigenvalue weighted by Gasteiger charge is 2.22. The van der Waals surface area contributed by atoms with Crippen molar-refractivity contribution in [1.29, 1.82) is 0 Å². The average Bonchev–Trinajstić information content (AvgIpc) is 2.39. The van der Waals surface area contributed by atoms with E-state index in [4.69, 9.17) is 5.11 Å². The molecule has 0 aromatic carbocycles. The van der Waals surface area contributed by atoms with Crippen molar-refractivity contribution < 1.29 is 9.90 Å². The molecule has 0 aliphatic carbocycles. The van der Waals surface area contributed by atoms with Gasteiger partial charge in [0.05, 0.1) is 5.69 Å². The van der Waals surface area contributed by atoms with Crippen LogP contribution in [0.4, 0.5) is 5.69 Å². The molecule has 1 aromatic rings. The highest BCUT2D eigenvalue weighted by atomic mass is 16.4. The zero-order valence-electron chi connectivity index (χ0n) is 10.1. The highest BCUT2D eigenvalue weighted by molar-refractivity contribution is 5.92. The van der Waals surface area contributed by atoms with Gasteiger partial charge in [0, 0.05) is 19.3 Å². The molecule has 2 rings (SSSR count). The van der Waals surface area contributed by atoms with E-state index in [0.717, 1.165) is 31.6 Å². The molecule has 0 radical (unpaired) electrons. The zero-order valence-corrected chi connectivity index (χ0v) is 10.1. The summed E-state index contributed by atoms with van der Waals surface area (Å²) in [5, 5.41) is 9.13. The molecule has 1 saturated heterocycles. The number of anilines is 1. The largest absolute Gasteiger partial charge is 0.476 e. The van der Waals surface area contributed by atoms with Crippen LogP contribution in [0.3, 0.4) is 0 Å². The van der Waals surface area contributed by atoms with Gasteiger partial charge >= 0.3 is 5.97 Å². The molecule has 2 heterocycles. The molecule has 17 heavy (non-hydrogen) atoms. The lowest BCUT2D eigenvalue weighted by molar-refractivity contribution is 0.0691. The Morgan fingerprint density at radius 3 is 3.18 bits per heavy atom. The topological polar surface area (TPSA) is 53.4 Å². The van der Waals surface area contributed by atoms with Gasteiger partial charge in [0.25, 0.3) is 0 Å². The average molecular weight is 234 g/mol. The third-order valence-corrected chi connectivity index (χ3v) is 3.43. The van der Waals surface area contributed by atoms with Crippen molar-refractivity contribution in [2.24, 2.45) is 5.92 Å². The fourth-order valence-electron chi connectivity index (χ4n) is 2.43. The molecule has 0 bridgehead atoms. The maximum atomic E-state index is 11.1. The van der Waals surface area contributed by atoms with E-state index in [0.29, 0.717) is 5.92 Å². The van der Waals surface area contributed by atoms with Crippen LogP contribution in [0.1, 0.15) is 36.7 Å². The molecule has 1 fully saturated rings. The zero-order chi connectivity index (χ0) is 12.3. The lowest BCUT2D eigenvalue weighted by Gasteiger charge is -2.34. The van der Waals surface area contributed by atoms with Crippen LogP contribution in [0.2, 0.25) is 0 Å². The third kappa shape index (κ3) is 2.57. The first-order valence-electron chi connectivity index (χ1n) is 6.15. The fraction of sp³-hybridized carbons (Fsp3) is 0.538. The minimum atomic E-state index is -0.945. The van der Waals surface area contributed by atoms with Crippen molar-refractivity contribution in [2.75, 3.05) is 18.0 Å². The van der Waals surface area contributed by atoms with Crippen molar-refractivity contribution in [3.05, 3.63) is 24.0 Å². The molecule has 0 unspecified atom stereocenters. The summed E-state index contributed by atoms with van der Waals surface area (Å²) in [6.45, 7) is 4.07. The number of hydrogen-bond acceptors (Lipinski definition) is 3. The molecule has 0 amide bonds. The summed E-state index contributed by atoms with van der Waals surface area (Å²) in [4.78, 5) is 17.3. The maximum absolute atomic E-state index is 11.1. The summed E-state index contributed by atoms with van der Waals surface area (Å²) in [7, 11) is 0. The number of aromatic nitrogens is 1. The van der Waals surface area contributed by atoms with Gasteiger partial charge in [0.2, 0.25) is 0 Å². The van der Waals surface area contributed by atoms with Crippen molar-refractivity contribution in [1.82, 2.24) is 4.98 Å². The number of piperidine rings is 1. The number of carbonyl (C=O) groups is 1. The van der Waals surface area contributed by atoms with Crippen molar-refractivity contribution >= 4 is 11.7 Å². The highest BCUT2D eigenvalue weighted by Crippen LogP contribution is 2.26. The summed E-state index contributed by atoms with van der Waals surface area (Å²) in [6.07, 6.45) is 5.06. The van der Waals surface area contributed by atoms with Crippen LogP contribution < -0.4 is 4.90 Å². The van der Waals surface area contributed by atoms with Gasteiger partial charge in [-0.25, -0.2) is 9.78 Å². The Labute approximate surface area is 101 Å². The Bertz CT molecular complexity index is 406. The van der Waals surface area contributed by atoms with Gasteiger partial charge in [-0.2, -0.15) is 0 Å². The number of rotatable bonds is 3. The molecule has 1 aliphatic heterocycles. The van der Waals surface area contributed by atoms with E-state index >= 15 is 0 Å². The smallest absolute Gasteiger partial charge is 0.356 e. The molecule has 1 N–H and O–H groups in total. The lowest BCUT2D eigenvalue weighted by Crippen LogP contribution is -2.36. The number of aromatic carboxylic acids is 1. The van der Waals surface area contributed by atoms with Gasteiger partial charge in [-0.15, -0.1) is 0 Å². The molecule has 0 saturated carbocycles. The van der Waals surface area contributed by atoms with Crippen LogP contribution in [-0.4, -0.2) is 29.1 Å². The molecule has 1 aromatic heterocycles. The molecule has 4 nitrogen and oxygen atoms in total. The summed E-state index contributed by atoms with van der Waals surface area (Å²) in [6, 6.07) is 3.66. The Morgan fingerprint density at radius 1 is 1.65 bits per heavy atom. The van der Waals surface area contributed by atoms with Gasteiger partial charge in [-0.1, -0.05) is 13.3 Å². The third-order valence-electron chi connectivity index (χ3n) is 3.43. The second kappa shape index (κ2) is 5.17. The first-order chi connectivity index (χ1) is 8.22. The van der Waals surface area contributed by atoms with E-state index < -0.39 is 5.97 Å². The van der Waals surface area contributed by atoms with Crippen LogP contribution in [-0.2, 0) is 0 Å². The number of hydrogen-bond donors (Lipinski definition) is 1. The van der Waals surface area contributed by atoms with Crippen molar-refractivity contribution in [2.45, 2.75) is 26.2 Å². The normalized spacial score (nSPS) is 20.3. The molecule has 4 heteroatoms. The summed E-state index contributed by atoms with van der Waals surface area (Å²) >= 11 is 0. The van der Waals surface area contributed by atoms with E-state index in [1.165, 1.54) is 12.6 Å². The maximum Gasteiger partial charge on any atom is 0.356 e. The second-order valence-corrected chi connectivity index (χ2v) is 4.54. The van der Waals surface area contributed by atoms with Crippen LogP contribution in [0.5, 0.6) is 0 Å². The minimum absolute atomic E-state index is 0.171. The number of carboxylic acid groups (broad SMARTS) is 1. The summed E-state index contributed by atoms with van der Waals surface area (Å²) in [5.41, 5.74) is 0.933. The number of carboxylic acids is 1. The monoisotopic (exact) mass is 234 g/mol. The van der Waals surface area contributed by atoms with Crippen LogP contribution in [0.25, 0.3) is 0 Å². The summed E-state index contributed by atoms with van der Waals surface area (Å²) < 4.78 is 0. The van der Waals surface area contributed by atoms with Gasteiger partial charge < -0.3 is 10.0 Å². The predicted molar refractivity (Wildman–Crippen MR) is 66.4 cm³/mol. The molecule has 1 aliphatic rings. The molecule has 1 atom stereocenters. The Hall–Kier alpha value is -1.58. The first-order valence-corrected chi connectivity index (χ1v) is 6.15. The SMILES string of the molecule is CC[C@H]1CCCN(c2cccnc2C(=O)O)C1. The Balaban J connectivity index is 2.24. The standard InChI is InChI=1S/C13H18N2O2/c1-2-10-5-4-8-15(9-10)11-6-3-7-14-12(11)13(16)17/h3,6-7,10H,2,4-5,8-9H2,1H3,(H,16,17)/t10-/m0/s1. The molecular weight excluding hydrogens is 216 g/mol. The lowest BCUT2D eigenvalue weighted by atomic mass is 9.95. The number of pyridine rings is 1. The van der Waals surface area contributed by atoms with E-state index in [2.05, 4.69) is 16.8 Å². The van der Waals surface area contributed by atoms with Gasteiger partial charge in [0.15, 0.2) is 5.69 Å². The predicted octanol–water partition coefficient (Wildman–Crippen LogP) is 2.41. The second-order valence-electron chi connectivity index (χ2n) is 4.54. The van der Waals surface area contributed by atoms with E-state index in [1.807, 2.05) is 6.07 Å². The van der Waals surface area contributed by atoms with Crippen LogP contribution >= 0.6 is 0 Å². The fourth-order valence-corrected chi connectivity index (χ4v) is 2.43. The van der Waals surface area contributed by atoms with Crippen molar-refractivity contribution in [3.63, 3.8) is 0 Å². The Kier molecular flexibility index (Phi) is 3.61. The number of nitrogens with zero attached hydrogens (tertiary/aromatic N) is 2. The Morgan fingerprint density at radius 2 is 2.47 bits per heavy atom. The van der Waals surface area contributed by atoms with Gasteiger partial charge in [0.1, 0.15) is 0 Å². The van der Waals surface area contributed by atoms with Crippen LogP contribution in [0, 0.1) is 5.92 Å². The van der Waals surface area contributed by atoms with Crippen molar-refractivity contribution in [3.8, 4) is 0 Å². The van der Waals surface area contributed by atoms with E-state index in [9.17, 15) is 4.79 Å². The van der Waals surface area contributed by atoms with E-state index in [1.54, 1.807) is 6.07 Å².